The Balaban J connectivity index is 1.56. The molecule has 0 radical (unpaired) electrons. The van der Waals surface area contributed by atoms with Crippen LogP contribution in [0.15, 0.2) is 53.4 Å². The van der Waals surface area contributed by atoms with E-state index in [4.69, 9.17) is 4.74 Å². The maximum atomic E-state index is 13.3. The maximum absolute atomic E-state index is 13.3. The summed E-state index contributed by atoms with van der Waals surface area (Å²) in [7, 11) is -2.24. The summed E-state index contributed by atoms with van der Waals surface area (Å²) in [6.45, 7) is 3.41. The monoisotopic (exact) mass is 468 g/mol. The zero-order valence-electron chi connectivity index (χ0n) is 18.8. The first-order chi connectivity index (χ1) is 15.9. The SMILES string of the molecule is COc1ccc(-c2cc(C(=O)NCc3ccccc3C)[nH]n2)cc1S(=O)(=O)N1CCCCC1. The smallest absolute Gasteiger partial charge is 0.269 e. The van der Waals surface area contributed by atoms with Crippen molar-refractivity contribution < 1.29 is 17.9 Å². The van der Waals surface area contributed by atoms with E-state index in [2.05, 4.69) is 15.5 Å². The number of aryl methyl sites for hydroxylation is 1. The average molecular weight is 469 g/mol. The molecule has 3 aromatic rings. The zero-order valence-corrected chi connectivity index (χ0v) is 19.6. The number of aromatic nitrogens is 2. The minimum atomic E-state index is -3.70. The van der Waals surface area contributed by atoms with Crippen LogP contribution in [0.25, 0.3) is 11.3 Å². The molecule has 0 unspecified atom stereocenters. The summed E-state index contributed by atoms with van der Waals surface area (Å²) in [4.78, 5) is 12.7. The second-order valence-electron chi connectivity index (χ2n) is 8.11. The van der Waals surface area contributed by atoms with Gasteiger partial charge in [-0.3, -0.25) is 9.89 Å². The van der Waals surface area contributed by atoms with E-state index in [-0.39, 0.29) is 16.6 Å². The van der Waals surface area contributed by atoms with Crippen LogP contribution in [0.5, 0.6) is 5.75 Å². The molecule has 0 bridgehead atoms. The molecule has 1 aliphatic heterocycles. The van der Waals surface area contributed by atoms with Crippen LogP contribution in [0.1, 0.15) is 40.9 Å². The second kappa shape index (κ2) is 9.76. The van der Waals surface area contributed by atoms with Crippen LogP contribution in [0.2, 0.25) is 0 Å². The number of ether oxygens (including phenoxy) is 1. The molecule has 1 amide bonds. The van der Waals surface area contributed by atoms with Crippen molar-refractivity contribution in [2.45, 2.75) is 37.6 Å². The lowest BCUT2D eigenvalue weighted by Gasteiger charge is -2.26. The van der Waals surface area contributed by atoms with Crippen LogP contribution in [-0.4, -0.2) is 49.0 Å². The van der Waals surface area contributed by atoms with Crippen molar-refractivity contribution in [1.82, 2.24) is 19.8 Å². The molecule has 0 aliphatic carbocycles. The van der Waals surface area contributed by atoms with Gasteiger partial charge in [0.2, 0.25) is 10.0 Å². The topological polar surface area (TPSA) is 104 Å². The van der Waals surface area contributed by atoms with E-state index < -0.39 is 10.0 Å². The van der Waals surface area contributed by atoms with Crippen molar-refractivity contribution in [2.75, 3.05) is 20.2 Å². The number of piperidine rings is 1. The Labute approximate surface area is 194 Å². The van der Waals surface area contributed by atoms with Gasteiger partial charge in [-0.2, -0.15) is 9.40 Å². The van der Waals surface area contributed by atoms with Gasteiger partial charge in [-0.15, -0.1) is 0 Å². The third kappa shape index (κ3) is 4.94. The zero-order chi connectivity index (χ0) is 23.4. The van der Waals surface area contributed by atoms with Crippen LogP contribution >= 0.6 is 0 Å². The van der Waals surface area contributed by atoms with Gasteiger partial charge in [0.1, 0.15) is 16.3 Å². The van der Waals surface area contributed by atoms with Crippen molar-refractivity contribution in [2.24, 2.45) is 0 Å². The Morgan fingerprint density at radius 2 is 1.88 bits per heavy atom. The lowest BCUT2D eigenvalue weighted by Crippen LogP contribution is -2.35. The van der Waals surface area contributed by atoms with Gasteiger partial charge in [0.25, 0.3) is 5.91 Å². The molecule has 174 valence electrons. The number of aromatic amines is 1. The minimum absolute atomic E-state index is 0.109. The highest BCUT2D eigenvalue weighted by atomic mass is 32.2. The Bertz CT molecular complexity index is 1250. The van der Waals surface area contributed by atoms with Gasteiger partial charge in [0.15, 0.2) is 0 Å². The lowest BCUT2D eigenvalue weighted by molar-refractivity contribution is 0.0946. The molecule has 0 saturated carbocycles. The van der Waals surface area contributed by atoms with E-state index >= 15 is 0 Å². The molecule has 33 heavy (non-hydrogen) atoms. The van der Waals surface area contributed by atoms with Gasteiger partial charge >= 0.3 is 0 Å². The first-order valence-corrected chi connectivity index (χ1v) is 12.4. The lowest BCUT2D eigenvalue weighted by atomic mass is 10.1. The molecular formula is C24H28N4O4S. The molecule has 9 heteroatoms. The number of nitrogens with zero attached hydrogens (tertiary/aromatic N) is 2. The Morgan fingerprint density at radius 1 is 1.12 bits per heavy atom. The Kier molecular flexibility index (Phi) is 6.80. The maximum Gasteiger partial charge on any atom is 0.269 e. The predicted molar refractivity (Wildman–Crippen MR) is 126 cm³/mol. The molecule has 4 rings (SSSR count). The molecule has 2 heterocycles. The number of carbonyl (C=O) groups is 1. The largest absolute Gasteiger partial charge is 0.495 e. The predicted octanol–water partition coefficient (Wildman–Crippen LogP) is 3.50. The third-order valence-corrected chi connectivity index (χ3v) is 7.84. The summed E-state index contributed by atoms with van der Waals surface area (Å²) in [5.74, 6) is 0.00253. The average Bonchev–Trinajstić information content (AvgIpc) is 3.34. The van der Waals surface area contributed by atoms with E-state index in [1.54, 1.807) is 24.3 Å². The normalized spacial score (nSPS) is 14.7. The van der Waals surface area contributed by atoms with Crippen LogP contribution in [0, 0.1) is 6.92 Å². The highest BCUT2D eigenvalue weighted by Gasteiger charge is 2.29. The van der Waals surface area contributed by atoms with Gasteiger partial charge in [0, 0.05) is 25.2 Å². The Morgan fingerprint density at radius 3 is 2.61 bits per heavy atom. The van der Waals surface area contributed by atoms with E-state index in [1.807, 2.05) is 31.2 Å². The molecule has 2 aromatic carbocycles. The van der Waals surface area contributed by atoms with Crippen molar-refractivity contribution in [3.63, 3.8) is 0 Å². The fourth-order valence-electron chi connectivity index (χ4n) is 3.95. The van der Waals surface area contributed by atoms with E-state index in [9.17, 15) is 13.2 Å². The molecular weight excluding hydrogens is 440 g/mol. The summed E-state index contributed by atoms with van der Waals surface area (Å²) in [6.07, 6.45) is 2.73. The summed E-state index contributed by atoms with van der Waals surface area (Å²) < 4.78 is 33.4. The van der Waals surface area contributed by atoms with Gasteiger partial charge in [0.05, 0.1) is 12.8 Å². The summed E-state index contributed by atoms with van der Waals surface area (Å²) >= 11 is 0. The number of hydrogen-bond donors (Lipinski definition) is 2. The molecule has 0 atom stereocenters. The first kappa shape index (κ1) is 23.0. The molecule has 1 fully saturated rings. The highest BCUT2D eigenvalue weighted by molar-refractivity contribution is 7.89. The molecule has 1 aromatic heterocycles. The van der Waals surface area contributed by atoms with E-state index in [1.165, 1.54) is 11.4 Å². The minimum Gasteiger partial charge on any atom is -0.495 e. The van der Waals surface area contributed by atoms with E-state index in [0.29, 0.717) is 36.6 Å². The number of rotatable bonds is 7. The quantitative estimate of drug-likeness (QED) is 0.552. The van der Waals surface area contributed by atoms with Gasteiger partial charge in [-0.25, -0.2) is 8.42 Å². The number of benzene rings is 2. The van der Waals surface area contributed by atoms with Gasteiger partial charge in [-0.1, -0.05) is 30.7 Å². The number of nitrogens with one attached hydrogen (secondary N) is 2. The number of carbonyl (C=O) groups excluding carboxylic acids is 1. The van der Waals surface area contributed by atoms with Crippen molar-refractivity contribution >= 4 is 15.9 Å². The molecule has 8 nitrogen and oxygen atoms in total. The van der Waals surface area contributed by atoms with Crippen molar-refractivity contribution in [1.29, 1.82) is 0 Å². The fraction of sp³-hybridized carbons (Fsp3) is 0.333. The van der Waals surface area contributed by atoms with Gasteiger partial charge < -0.3 is 10.1 Å². The van der Waals surface area contributed by atoms with Gasteiger partial charge in [-0.05, 0) is 55.2 Å². The number of methoxy groups -OCH3 is 1. The van der Waals surface area contributed by atoms with Crippen molar-refractivity contribution in [3.8, 4) is 17.0 Å². The molecule has 0 spiro atoms. The summed E-state index contributed by atoms with van der Waals surface area (Å²) in [6, 6.07) is 14.4. The molecule has 1 saturated heterocycles. The number of sulfonamides is 1. The summed E-state index contributed by atoms with van der Waals surface area (Å²) in [5, 5.41) is 9.87. The number of amides is 1. The fourth-order valence-corrected chi connectivity index (χ4v) is 5.65. The van der Waals surface area contributed by atoms with Crippen molar-refractivity contribution in [3.05, 3.63) is 65.4 Å². The summed E-state index contributed by atoms with van der Waals surface area (Å²) in [5.41, 5.74) is 3.50. The van der Waals surface area contributed by atoms with Crippen LogP contribution in [0.4, 0.5) is 0 Å². The molecule has 2 N–H and O–H groups in total. The number of H-pyrrole nitrogens is 1. The van der Waals surface area contributed by atoms with Crippen LogP contribution in [0.3, 0.4) is 0 Å². The highest BCUT2D eigenvalue weighted by Crippen LogP contribution is 2.32. The van der Waals surface area contributed by atoms with Crippen LogP contribution in [-0.2, 0) is 16.6 Å². The number of hydrogen-bond acceptors (Lipinski definition) is 5. The third-order valence-electron chi connectivity index (χ3n) is 5.92. The standard InChI is InChI=1S/C24H28N4O4S/c1-17-8-4-5-9-19(17)16-25-24(29)21-15-20(26-27-21)18-10-11-22(32-2)23(14-18)33(30,31)28-12-6-3-7-13-28/h4-5,8-11,14-15H,3,6-7,12-13,16H2,1-2H3,(H,25,29)(H,26,27). The second-order valence-corrected chi connectivity index (χ2v) is 10.0. The van der Waals surface area contributed by atoms with E-state index in [0.717, 1.165) is 30.4 Å². The van der Waals surface area contributed by atoms with Crippen LogP contribution < -0.4 is 10.1 Å². The Hall–Kier alpha value is -3.17. The molecule has 1 aliphatic rings. The first-order valence-electron chi connectivity index (χ1n) is 11.0.